The van der Waals surface area contributed by atoms with Crippen LogP contribution >= 0.6 is 15.9 Å². The van der Waals surface area contributed by atoms with E-state index in [1.165, 1.54) is 48.1 Å². The van der Waals surface area contributed by atoms with Gasteiger partial charge in [-0.05, 0) is 66.9 Å². The zero-order valence-electron chi connectivity index (χ0n) is 13.1. The number of hydrogen-bond acceptors (Lipinski definition) is 3. The number of fused-ring (bicyclic) bond motifs is 1. The van der Waals surface area contributed by atoms with Crippen molar-refractivity contribution in [1.29, 1.82) is 0 Å². The minimum absolute atomic E-state index is 0.0861. The molecule has 116 valence electrons. The van der Waals surface area contributed by atoms with Gasteiger partial charge < -0.3 is 10.6 Å². The molecule has 4 heteroatoms. The molecule has 3 nitrogen and oxygen atoms in total. The summed E-state index contributed by atoms with van der Waals surface area (Å²) in [6, 6.07) is 7.97. The van der Waals surface area contributed by atoms with E-state index >= 15 is 0 Å². The average molecular weight is 352 g/mol. The molecule has 0 bridgehead atoms. The number of hydrogen-bond donors (Lipinski definition) is 1. The second-order valence-corrected chi connectivity index (χ2v) is 7.50. The highest BCUT2D eigenvalue weighted by atomic mass is 79.9. The molecule has 21 heavy (non-hydrogen) atoms. The van der Waals surface area contributed by atoms with Crippen molar-refractivity contribution < 1.29 is 0 Å². The van der Waals surface area contributed by atoms with Gasteiger partial charge in [0.05, 0.1) is 5.69 Å². The summed E-state index contributed by atoms with van der Waals surface area (Å²) in [6.45, 7) is 8.00. The van der Waals surface area contributed by atoms with Crippen molar-refractivity contribution in [1.82, 2.24) is 4.90 Å². The number of anilines is 1. The third-order valence-electron chi connectivity index (χ3n) is 4.99. The maximum absolute atomic E-state index is 5.98. The van der Waals surface area contributed by atoms with Gasteiger partial charge in [-0.1, -0.05) is 12.5 Å². The number of rotatable bonds is 2. The lowest BCUT2D eigenvalue weighted by Gasteiger charge is -2.48. The molecule has 1 aromatic carbocycles. The minimum atomic E-state index is 0.0861. The lowest BCUT2D eigenvalue weighted by Crippen LogP contribution is -2.58. The van der Waals surface area contributed by atoms with E-state index < -0.39 is 0 Å². The monoisotopic (exact) mass is 351 g/mol. The fraction of sp³-hybridized carbons (Fsp3) is 0.647. The van der Waals surface area contributed by atoms with Gasteiger partial charge in [-0.15, -0.1) is 0 Å². The fourth-order valence-corrected chi connectivity index (χ4v) is 4.35. The van der Waals surface area contributed by atoms with Crippen LogP contribution in [0.1, 0.15) is 44.7 Å². The van der Waals surface area contributed by atoms with Crippen molar-refractivity contribution in [2.45, 2.75) is 51.2 Å². The third kappa shape index (κ3) is 3.13. The molecule has 3 atom stereocenters. The molecule has 0 aromatic heterocycles. The summed E-state index contributed by atoms with van der Waals surface area (Å²) in [7, 11) is 0. The molecular formula is C17H26BrN3. The van der Waals surface area contributed by atoms with Gasteiger partial charge >= 0.3 is 0 Å². The maximum Gasteiger partial charge on any atom is 0.0514 e. The molecule has 2 N–H and O–H groups in total. The van der Waals surface area contributed by atoms with Crippen molar-refractivity contribution in [2.75, 3.05) is 24.5 Å². The Morgan fingerprint density at radius 1 is 1.29 bits per heavy atom. The topological polar surface area (TPSA) is 32.5 Å². The Hall–Kier alpha value is -0.580. The number of benzene rings is 1. The first-order chi connectivity index (χ1) is 10.1. The van der Waals surface area contributed by atoms with Gasteiger partial charge in [-0.2, -0.15) is 0 Å². The minimum Gasteiger partial charge on any atom is -0.365 e. The summed E-state index contributed by atoms with van der Waals surface area (Å²) in [4.78, 5) is 5.26. The molecule has 2 heterocycles. The Morgan fingerprint density at radius 3 is 2.81 bits per heavy atom. The standard InChI is InChI=1S/C17H26BrN3/c1-12-10-20-8-4-3-5-15(20)11-21(12)17-7-6-14(13(2)19)9-16(17)18/h6-7,9,12-13,15H,3-5,8,10-11,19H2,1-2H3/t12?,13-,15?/m1/s1. The van der Waals surface area contributed by atoms with Crippen LogP contribution in [0.2, 0.25) is 0 Å². The number of piperazine rings is 1. The first kappa shape index (κ1) is 15.3. The van der Waals surface area contributed by atoms with Crippen molar-refractivity contribution >= 4 is 21.6 Å². The van der Waals surface area contributed by atoms with E-state index in [2.05, 4.69) is 50.9 Å². The van der Waals surface area contributed by atoms with Crippen LogP contribution in [0.25, 0.3) is 0 Å². The highest BCUT2D eigenvalue weighted by molar-refractivity contribution is 9.10. The van der Waals surface area contributed by atoms with Gasteiger partial charge in [0.1, 0.15) is 0 Å². The Balaban J connectivity index is 1.82. The third-order valence-corrected chi connectivity index (χ3v) is 5.63. The van der Waals surface area contributed by atoms with E-state index in [1.807, 2.05) is 6.92 Å². The van der Waals surface area contributed by atoms with E-state index in [0.717, 1.165) is 12.6 Å². The van der Waals surface area contributed by atoms with E-state index in [9.17, 15) is 0 Å². The predicted molar refractivity (Wildman–Crippen MR) is 92.8 cm³/mol. The van der Waals surface area contributed by atoms with Crippen LogP contribution in [0.3, 0.4) is 0 Å². The summed E-state index contributed by atoms with van der Waals surface area (Å²) in [6.07, 6.45) is 4.10. The molecular weight excluding hydrogens is 326 g/mol. The molecule has 1 aromatic rings. The fourth-order valence-electron chi connectivity index (χ4n) is 3.73. The number of piperidine rings is 1. The summed E-state index contributed by atoms with van der Waals surface area (Å²) >= 11 is 3.76. The number of nitrogens with zero attached hydrogens (tertiary/aromatic N) is 2. The average Bonchev–Trinajstić information content (AvgIpc) is 2.46. The molecule has 0 saturated carbocycles. The quantitative estimate of drug-likeness (QED) is 0.884. The van der Waals surface area contributed by atoms with Crippen LogP contribution < -0.4 is 10.6 Å². The summed E-state index contributed by atoms with van der Waals surface area (Å²) < 4.78 is 1.17. The van der Waals surface area contributed by atoms with Crippen LogP contribution in [0, 0.1) is 0 Å². The highest BCUT2D eigenvalue weighted by Crippen LogP contribution is 2.34. The lowest BCUT2D eigenvalue weighted by molar-refractivity contribution is 0.115. The predicted octanol–water partition coefficient (Wildman–Crippen LogP) is 3.53. The van der Waals surface area contributed by atoms with E-state index in [1.54, 1.807) is 0 Å². The van der Waals surface area contributed by atoms with E-state index in [0.29, 0.717) is 6.04 Å². The largest absolute Gasteiger partial charge is 0.365 e. The summed E-state index contributed by atoms with van der Waals surface area (Å²) in [5.41, 5.74) is 8.49. The summed E-state index contributed by atoms with van der Waals surface area (Å²) in [5, 5.41) is 0. The van der Waals surface area contributed by atoms with Gasteiger partial charge in [0.15, 0.2) is 0 Å². The van der Waals surface area contributed by atoms with Gasteiger partial charge in [0, 0.05) is 35.7 Å². The Kier molecular flexibility index (Phi) is 4.57. The normalized spacial score (nSPS) is 28.3. The molecule has 3 rings (SSSR count). The zero-order chi connectivity index (χ0) is 15.0. The lowest BCUT2D eigenvalue weighted by atomic mass is 9.96. The van der Waals surface area contributed by atoms with Crippen molar-refractivity contribution in [3.05, 3.63) is 28.2 Å². The molecule has 0 aliphatic carbocycles. The van der Waals surface area contributed by atoms with Crippen molar-refractivity contribution in [2.24, 2.45) is 5.73 Å². The molecule has 0 spiro atoms. The number of nitrogens with two attached hydrogens (primary N) is 1. The molecule has 2 fully saturated rings. The van der Waals surface area contributed by atoms with E-state index in [4.69, 9.17) is 5.73 Å². The zero-order valence-corrected chi connectivity index (χ0v) is 14.6. The first-order valence-electron chi connectivity index (χ1n) is 8.12. The van der Waals surface area contributed by atoms with Crippen molar-refractivity contribution in [3.8, 4) is 0 Å². The Bertz CT molecular complexity index is 503. The van der Waals surface area contributed by atoms with Gasteiger partial charge in [-0.25, -0.2) is 0 Å². The molecule has 0 radical (unpaired) electrons. The molecule has 2 aliphatic rings. The smallest absolute Gasteiger partial charge is 0.0514 e. The highest BCUT2D eigenvalue weighted by Gasteiger charge is 2.33. The Labute approximate surface area is 136 Å². The molecule has 2 unspecified atom stereocenters. The van der Waals surface area contributed by atoms with Crippen LogP contribution in [0.15, 0.2) is 22.7 Å². The molecule has 0 amide bonds. The van der Waals surface area contributed by atoms with Crippen LogP contribution in [0.4, 0.5) is 5.69 Å². The van der Waals surface area contributed by atoms with Gasteiger partial charge in [0.25, 0.3) is 0 Å². The van der Waals surface area contributed by atoms with Gasteiger partial charge in [-0.3, -0.25) is 4.90 Å². The maximum atomic E-state index is 5.98. The number of halogens is 1. The Morgan fingerprint density at radius 2 is 2.10 bits per heavy atom. The first-order valence-corrected chi connectivity index (χ1v) is 8.91. The second-order valence-electron chi connectivity index (χ2n) is 6.65. The SMILES string of the molecule is CC1CN2CCCCC2CN1c1ccc([C@@H](C)N)cc1Br. The second kappa shape index (κ2) is 6.27. The van der Waals surface area contributed by atoms with Crippen LogP contribution in [-0.2, 0) is 0 Å². The van der Waals surface area contributed by atoms with Crippen molar-refractivity contribution in [3.63, 3.8) is 0 Å². The molecule has 2 aliphatic heterocycles. The molecule has 2 saturated heterocycles. The summed E-state index contributed by atoms with van der Waals surface area (Å²) in [5.74, 6) is 0. The van der Waals surface area contributed by atoms with Gasteiger partial charge in [0.2, 0.25) is 0 Å². The van der Waals surface area contributed by atoms with Crippen LogP contribution in [-0.4, -0.2) is 36.6 Å². The van der Waals surface area contributed by atoms with E-state index in [-0.39, 0.29) is 6.04 Å². The van der Waals surface area contributed by atoms with Crippen LogP contribution in [0.5, 0.6) is 0 Å².